The van der Waals surface area contributed by atoms with Gasteiger partial charge in [0, 0.05) is 44.0 Å². The van der Waals surface area contributed by atoms with E-state index in [9.17, 15) is 9.59 Å². The van der Waals surface area contributed by atoms with E-state index in [1.807, 2.05) is 24.3 Å². The van der Waals surface area contributed by atoms with Gasteiger partial charge >= 0.3 is 6.09 Å². The van der Waals surface area contributed by atoms with Gasteiger partial charge in [-0.1, -0.05) is 0 Å². The lowest BCUT2D eigenvalue weighted by Gasteiger charge is -2.28. The standard InChI is InChI=1S/C17H23N3O4/c21-16(18-6-8-20-7-1-11-24-17(20)22)14-2-4-15(5-3-14)19-9-12-23-13-10-19/h2-5H,1,6-13H2,(H,18,21). The highest BCUT2D eigenvalue weighted by Gasteiger charge is 2.19. The Morgan fingerprint density at radius 1 is 1.08 bits per heavy atom. The van der Waals surface area contributed by atoms with Crippen molar-refractivity contribution in [2.24, 2.45) is 0 Å². The minimum absolute atomic E-state index is 0.131. The van der Waals surface area contributed by atoms with Gasteiger partial charge < -0.3 is 24.6 Å². The van der Waals surface area contributed by atoms with Crippen molar-refractivity contribution < 1.29 is 19.1 Å². The summed E-state index contributed by atoms with van der Waals surface area (Å²) < 4.78 is 10.3. The summed E-state index contributed by atoms with van der Waals surface area (Å²) in [5.41, 5.74) is 1.72. The Kier molecular flexibility index (Phi) is 5.53. The molecule has 0 unspecified atom stereocenters. The SMILES string of the molecule is O=C(NCCN1CCCOC1=O)c1ccc(N2CCOCC2)cc1. The summed E-state index contributed by atoms with van der Waals surface area (Å²) in [5.74, 6) is -0.131. The molecule has 130 valence electrons. The van der Waals surface area contributed by atoms with E-state index in [4.69, 9.17) is 9.47 Å². The summed E-state index contributed by atoms with van der Waals surface area (Å²) in [4.78, 5) is 27.5. The van der Waals surface area contributed by atoms with Gasteiger partial charge in [0.2, 0.25) is 0 Å². The minimum atomic E-state index is -0.301. The van der Waals surface area contributed by atoms with E-state index < -0.39 is 0 Å². The van der Waals surface area contributed by atoms with E-state index in [1.54, 1.807) is 4.90 Å². The molecule has 7 nitrogen and oxygen atoms in total. The topological polar surface area (TPSA) is 71.1 Å². The fraction of sp³-hybridized carbons (Fsp3) is 0.529. The summed E-state index contributed by atoms with van der Waals surface area (Å²) in [7, 11) is 0. The fourth-order valence-corrected chi connectivity index (χ4v) is 2.85. The number of nitrogens with one attached hydrogen (secondary N) is 1. The van der Waals surface area contributed by atoms with Gasteiger partial charge in [-0.3, -0.25) is 4.79 Å². The predicted molar refractivity (Wildman–Crippen MR) is 89.3 cm³/mol. The molecule has 0 saturated carbocycles. The Labute approximate surface area is 141 Å². The molecule has 24 heavy (non-hydrogen) atoms. The predicted octanol–water partition coefficient (Wildman–Crippen LogP) is 1.10. The first-order valence-corrected chi connectivity index (χ1v) is 8.37. The quantitative estimate of drug-likeness (QED) is 0.874. The highest BCUT2D eigenvalue weighted by molar-refractivity contribution is 5.94. The van der Waals surface area contributed by atoms with Crippen molar-refractivity contribution in [2.45, 2.75) is 6.42 Å². The molecule has 0 aromatic heterocycles. The first-order valence-electron chi connectivity index (χ1n) is 8.37. The monoisotopic (exact) mass is 333 g/mol. The van der Waals surface area contributed by atoms with E-state index in [0.29, 0.717) is 31.8 Å². The molecular weight excluding hydrogens is 310 g/mol. The maximum Gasteiger partial charge on any atom is 0.409 e. The van der Waals surface area contributed by atoms with E-state index >= 15 is 0 Å². The van der Waals surface area contributed by atoms with Crippen LogP contribution in [0.1, 0.15) is 16.8 Å². The van der Waals surface area contributed by atoms with E-state index in [2.05, 4.69) is 10.2 Å². The molecule has 1 N–H and O–H groups in total. The number of ether oxygens (including phenoxy) is 2. The molecule has 0 spiro atoms. The average Bonchev–Trinajstić information content (AvgIpc) is 2.64. The molecule has 2 amide bonds. The number of hydrogen-bond acceptors (Lipinski definition) is 5. The van der Waals surface area contributed by atoms with Crippen LogP contribution in [-0.4, -0.2) is 69.4 Å². The van der Waals surface area contributed by atoms with Crippen molar-refractivity contribution in [1.29, 1.82) is 0 Å². The summed E-state index contributed by atoms with van der Waals surface area (Å²) in [6, 6.07) is 7.58. The van der Waals surface area contributed by atoms with Crippen molar-refractivity contribution in [3.8, 4) is 0 Å². The number of hydrogen-bond donors (Lipinski definition) is 1. The fourth-order valence-electron chi connectivity index (χ4n) is 2.85. The Bertz CT molecular complexity index is 570. The molecule has 0 bridgehead atoms. The summed E-state index contributed by atoms with van der Waals surface area (Å²) in [6.07, 6.45) is 0.535. The molecule has 0 radical (unpaired) electrons. The number of rotatable bonds is 5. The summed E-state index contributed by atoms with van der Waals surface area (Å²) in [6.45, 7) is 5.27. The van der Waals surface area contributed by atoms with Gasteiger partial charge in [-0.05, 0) is 30.7 Å². The average molecular weight is 333 g/mol. The number of cyclic esters (lactones) is 1. The molecule has 2 fully saturated rings. The maximum atomic E-state index is 12.2. The minimum Gasteiger partial charge on any atom is -0.449 e. The molecule has 2 aliphatic heterocycles. The molecule has 2 aliphatic rings. The summed E-state index contributed by atoms with van der Waals surface area (Å²) in [5, 5.41) is 2.84. The lowest BCUT2D eigenvalue weighted by Crippen LogP contribution is -2.42. The maximum absolute atomic E-state index is 12.2. The van der Waals surface area contributed by atoms with Crippen LogP contribution in [0.4, 0.5) is 10.5 Å². The molecule has 1 aromatic rings. The lowest BCUT2D eigenvalue weighted by atomic mass is 10.1. The van der Waals surface area contributed by atoms with Crippen molar-refractivity contribution in [2.75, 3.05) is 57.4 Å². The Morgan fingerprint density at radius 2 is 1.83 bits per heavy atom. The second-order valence-corrected chi connectivity index (χ2v) is 5.86. The third-order valence-corrected chi connectivity index (χ3v) is 4.23. The lowest BCUT2D eigenvalue weighted by molar-refractivity contribution is 0.0719. The number of carbonyl (C=O) groups excluding carboxylic acids is 2. The number of carbonyl (C=O) groups is 2. The van der Waals surface area contributed by atoms with Crippen molar-refractivity contribution in [3.05, 3.63) is 29.8 Å². The third-order valence-electron chi connectivity index (χ3n) is 4.23. The zero-order valence-electron chi connectivity index (χ0n) is 13.7. The molecule has 3 rings (SSSR count). The molecule has 2 heterocycles. The zero-order valence-corrected chi connectivity index (χ0v) is 13.7. The number of nitrogens with zero attached hydrogens (tertiary/aromatic N) is 2. The third kappa shape index (κ3) is 4.17. The normalized spacial score (nSPS) is 18.2. The van der Waals surface area contributed by atoms with E-state index in [-0.39, 0.29) is 12.0 Å². The molecule has 0 aliphatic carbocycles. The van der Waals surface area contributed by atoms with E-state index in [0.717, 1.165) is 38.4 Å². The molecule has 0 atom stereocenters. The van der Waals surface area contributed by atoms with Gasteiger partial charge in [0.05, 0.1) is 19.8 Å². The van der Waals surface area contributed by atoms with Crippen LogP contribution in [0, 0.1) is 0 Å². The Balaban J connectivity index is 1.47. The van der Waals surface area contributed by atoms with Crippen molar-refractivity contribution in [1.82, 2.24) is 10.2 Å². The van der Waals surface area contributed by atoms with Crippen LogP contribution in [-0.2, 0) is 9.47 Å². The van der Waals surface area contributed by atoms with Gasteiger partial charge in [0.1, 0.15) is 0 Å². The first kappa shape index (κ1) is 16.6. The Morgan fingerprint density at radius 3 is 2.54 bits per heavy atom. The van der Waals surface area contributed by atoms with Crippen LogP contribution in [0.3, 0.4) is 0 Å². The highest BCUT2D eigenvalue weighted by Crippen LogP contribution is 2.16. The molecule has 1 aromatic carbocycles. The van der Waals surface area contributed by atoms with Crippen LogP contribution in [0.2, 0.25) is 0 Å². The summed E-state index contributed by atoms with van der Waals surface area (Å²) >= 11 is 0. The zero-order chi connectivity index (χ0) is 16.8. The number of benzene rings is 1. The molecule has 2 saturated heterocycles. The first-order chi connectivity index (χ1) is 11.7. The van der Waals surface area contributed by atoms with Crippen molar-refractivity contribution >= 4 is 17.7 Å². The van der Waals surface area contributed by atoms with Gasteiger partial charge in [0.15, 0.2) is 0 Å². The number of morpholine rings is 1. The van der Waals surface area contributed by atoms with Crippen molar-refractivity contribution in [3.63, 3.8) is 0 Å². The van der Waals surface area contributed by atoms with Gasteiger partial charge in [-0.2, -0.15) is 0 Å². The van der Waals surface area contributed by atoms with Crippen LogP contribution in [0.25, 0.3) is 0 Å². The highest BCUT2D eigenvalue weighted by atomic mass is 16.6. The molecular formula is C17H23N3O4. The second-order valence-electron chi connectivity index (χ2n) is 5.86. The van der Waals surface area contributed by atoms with Gasteiger partial charge in [-0.25, -0.2) is 4.79 Å². The smallest absolute Gasteiger partial charge is 0.409 e. The van der Waals surface area contributed by atoms with Gasteiger partial charge in [0.25, 0.3) is 5.91 Å². The number of anilines is 1. The largest absolute Gasteiger partial charge is 0.449 e. The second kappa shape index (κ2) is 8.01. The van der Waals surface area contributed by atoms with Crippen LogP contribution in [0.15, 0.2) is 24.3 Å². The number of amides is 2. The Hall–Kier alpha value is -2.28. The van der Waals surface area contributed by atoms with Crippen LogP contribution in [0.5, 0.6) is 0 Å². The van der Waals surface area contributed by atoms with Gasteiger partial charge in [-0.15, -0.1) is 0 Å². The van der Waals surface area contributed by atoms with Crippen LogP contribution >= 0.6 is 0 Å². The van der Waals surface area contributed by atoms with E-state index in [1.165, 1.54) is 0 Å². The van der Waals surface area contributed by atoms with Crippen LogP contribution < -0.4 is 10.2 Å². The molecule has 7 heteroatoms.